The van der Waals surface area contributed by atoms with Gasteiger partial charge < -0.3 is 9.84 Å². The quantitative estimate of drug-likeness (QED) is 0.773. The highest BCUT2D eigenvalue weighted by Crippen LogP contribution is 2.23. The number of aliphatic hydroxyl groups excluding tert-OH is 1. The van der Waals surface area contributed by atoms with Gasteiger partial charge in [0.2, 0.25) is 0 Å². The summed E-state index contributed by atoms with van der Waals surface area (Å²) in [4.78, 5) is 0. The molecule has 0 spiro atoms. The Hall–Kier alpha value is -1.12. The molecule has 0 aromatic heterocycles. The van der Waals surface area contributed by atoms with Gasteiger partial charge in [0.25, 0.3) is 0 Å². The Labute approximate surface area is 97.6 Å². The van der Waals surface area contributed by atoms with Crippen molar-refractivity contribution in [2.24, 2.45) is 0 Å². The summed E-state index contributed by atoms with van der Waals surface area (Å²) in [6.45, 7) is 11.2. The van der Waals surface area contributed by atoms with Gasteiger partial charge in [0, 0.05) is 0 Å². The summed E-state index contributed by atoms with van der Waals surface area (Å²) in [7, 11) is 0. The van der Waals surface area contributed by atoms with Crippen LogP contribution in [0.1, 0.15) is 22.3 Å². The molecule has 0 unspecified atom stereocenters. The van der Waals surface area contributed by atoms with Gasteiger partial charge in [-0.1, -0.05) is 24.3 Å². The number of hydrogen-bond donors (Lipinski definition) is 1. The topological polar surface area (TPSA) is 29.5 Å². The van der Waals surface area contributed by atoms with E-state index in [-0.39, 0.29) is 6.61 Å². The third-order valence-corrected chi connectivity index (χ3v) is 2.54. The normalized spacial score (nSPS) is 10.5. The van der Waals surface area contributed by atoms with Gasteiger partial charge in [-0.15, -0.1) is 0 Å². The molecule has 16 heavy (non-hydrogen) atoms. The highest BCUT2D eigenvalue weighted by atomic mass is 16.5. The summed E-state index contributed by atoms with van der Waals surface area (Å²) in [5.74, 6) is 0. The van der Waals surface area contributed by atoms with Crippen molar-refractivity contribution in [3.05, 3.63) is 41.0 Å². The molecule has 2 nitrogen and oxygen atoms in total. The molecular formula is C14H20O2. The Kier molecular flexibility index (Phi) is 4.71. The first kappa shape index (κ1) is 12.9. The van der Waals surface area contributed by atoms with Crippen LogP contribution in [0.15, 0.2) is 18.7 Å². The first-order chi connectivity index (χ1) is 7.56. The Morgan fingerprint density at radius 2 is 1.81 bits per heavy atom. The molecule has 0 amide bonds. The largest absolute Gasteiger partial charge is 0.394 e. The van der Waals surface area contributed by atoms with Crippen LogP contribution < -0.4 is 0 Å². The van der Waals surface area contributed by atoms with Crippen molar-refractivity contribution in [1.82, 2.24) is 0 Å². The van der Waals surface area contributed by atoms with Crippen molar-refractivity contribution >= 4 is 5.57 Å². The van der Waals surface area contributed by atoms with Crippen LogP contribution in [0.2, 0.25) is 0 Å². The molecule has 0 saturated carbocycles. The van der Waals surface area contributed by atoms with E-state index in [9.17, 15) is 0 Å². The monoisotopic (exact) mass is 220 g/mol. The van der Waals surface area contributed by atoms with E-state index in [1.165, 1.54) is 22.3 Å². The molecule has 0 aliphatic carbocycles. The minimum atomic E-state index is 0.0547. The lowest BCUT2D eigenvalue weighted by Gasteiger charge is -2.14. The van der Waals surface area contributed by atoms with E-state index in [2.05, 4.69) is 39.5 Å². The van der Waals surface area contributed by atoms with Crippen molar-refractivity contribution in [2.45, 2.75) is 20.8 Å². The standard InChI is InChI=1S/C14H20O2/c1-10-7-11(2)14(12(3)8-10)13(4)9-16-6-5-15/h7-8,15H,4-6,9H2,1-3H3. The van der Waals surface area contributed by atoms with Crippen molar-refractivity contribution in [3.8, 4) is 0 Å². The first-order valence-corrected chi connectivity index (χ1v) is 5.51. The predicted octanol–water partition coefficient (Wildman–Crippen LogP) is 2.63. The molecule has 0 atom stereocenters. The smallest absolute Gasteiger partial charge is 0.0718 e. The third kappa shape index (κ3) is 3.19. The molecule has 0 saturated heterocycles. The first-order valence-electron chi connectivity index (χ1n) is 5.51. The molecule has 0 aliphatic heterocycles. The maximum atomic E-state index is 8.64. The molecule has 0 fully saturated rings. The Morgan fingerprint density at radius 3 is 2.31 bits per heavy atom. The molecule has 2 heteroatoms. The van der Waals surface area contributed by atoms with Crippen LogP contribution in [0.3, 0.4) is 0 Å². The van der Waals surface area contributed by atoms with E-state index in [1.54, 1.807) is 0 Å². The molecule has 0 heterocycles. The fourth-order valence-electron chi connectivity index (χ4n) is 2.07. The summed E-state index contributed by atoms with van der Waals surface area (Å²) in [5, 5.41) is 8.64. The fourth-order valence-corrected chi connectivity index (χ4v) is 2.07. The maximum Gasteiger partial charge on any atom is 0.0718 e. The minimum absolute atomic E-state index is 0.0547. The molecule has 1 N–H and O–H groups in total. The second kappa shape index (κ2) is 5.83. The zero-order valence-electron chi connectivity index (χ0n) is 10.3. The average molecular weight is 220 g/mol. The molecule has 88 valence electrons. The molecule has 0 bridgehead atoms. The van der Waals surface area contributed by atoms with E-state index in [0.29, 0.717) is 13.2 Å². The van der Waals surface area contributed by atoms with Crippen LogP contribution in [-0.2, 0) is 4.74 Å². The summed E-state index contributed by atoms with van der Waals surface area (Å²) >= 11 is 0. The molecular weight excluding hydrogens is 200 g/mol. The van der Waals surface area contributed by atoms with Crippen LogP contribution in [0.25, 0.3) is 5.57 Å². The van der Waals surface area contributed by atoms with Gasteiger partial charge in [0.15, 0.2) is 0 Å². The van der Waals surface area contributed by atoms with E-state index in [0.717, 1.165) is 5.57 Å². The number of hydrogen-bond acceptors (Lipinski definition) is 2. The maximum absolute atomic E-state index is 8.64. The average Bonchev–Trinajstić information content (AvgIpc) is 2.16. The number of aryl methyl sites for hydroxylation is 3. The van der Waals surface area contributed by atoms with Crippen LogP contribution in [0, 0.1) is 20.8 Å². The van der Waals surface area contributed by atoms with Crippen LogP contribution in [0.5, 0.6) is 0 Å². The highest BCUT2D eigenvalue weighted by Gasteiger charge is 2.07. The minimum Gasteiger partial charge on any atom is -0.394 e. The van der Waals surface area contributed by atoms with Gasteiger partial charge in [0.05, 0.1) is 19.8 Å². The van der Waals surface area contributed by atoms with Gasteiger partial charge in [-0.25, -0.2) is 0 Å². The summed E-state index contributed by atoms with van der Waals surface area (Å²) < 4.78 is 5.29. The SMILES string of the molecule is C=C(COCCO)c1c(C)cc(C)cc1C. The fraction of sp³-hybridized carbons (Fsp3) is 0.429. The van der Waals surface area contributed by atoms with Crippen molar-refractivity contribution < 1.29 is 9.84 Å². The molecule has 1 aromatic carbocycles. The van der Waals surface area contributed by atoms with E-state index < -0.39 is 0 Å². The van der Waals surface area contributed by atoms with Crippen molar-refractivity contribution in [3.63, 3.8) is 0 Å². The van der Waals surface area contributed by atoms with E-state index in [1.807, 2.05) is 0 Å². The second-order valence-corrected chi connectivity index (χ2v) is 4.15. The van der Waals surface area contributed by atoms with Gasteiger partial charge >= 0.3 is 0 Å². The van der Waals surface area contributed by atoms with Crippen LogP contribution in [0.4, 0.5) is 0 Å². The lowest BCUT2D eigenvalue weighted by atomic mass is 9.95. The van der Waals surface area contributed by atoms with Gasteiger partial charge in [-0.2, -0.15) is 0 Å². The van der Waals surface area contributed by atoms with Gasteiger partial charge in [0.1, 0.15) is 0 Å². The zero-order chi connectivity index (χ0) is 12.1. The molecule has 1 rings (SSSR count). The van der Waals surface area contributed by atoms with Gasteiger partial charge in [-0.05, 0) is 43.0 Å². The van der Waals surface area contributed by atoms with Crippen LogP contribution in [-0.4, -0.2) is 24.9 Å². The number of benzene rings is 1. The number of aliphatic hydroxyl groups is 1. The second-order valence-electron chi connectivity index (χ2n) is 4.15. The van der Waals surface area contributed by atoms with Crippen molar-refractivity contribution in [1.29, 1.82) is 0 Å². The lowest BCUT2D eigenvalue weighted by Crippen LogP contribution is -2.04. The molecule has 1 aromatic rings. The number of ether oxygens (including phenoxy) is 1. The third-order valence-electron chi connectivity index (χ3n) is 2.54. The summed E-state index contributed by atoms with van der Waals surface area (Å²) in [5.41, 5.74) is 5.89. The highest BCUT2D eigenvalue weighted by molar-refractivity contribution is 5.70. The zero-order valence-corrected chi connectivity index (χ0v) is 10.3. The van der Waals surface area contributed by atoms with E-state index in [4.69, 9.17) is 9.84 Å². The van der Waals surface area contributed by atoms with Crippen LogP contribution >= 0.6 is 0 Å². The molecule has 0 radical (unpaired) electrons. The summed E-state index contributed by atoms with van der Waals surface area (Å²) in [6.07, 6.45) is 0. The lowest BCUT2D eigenvalue weighted by molar-refractivity contribution is 0.115. The Balaban J connectivity index is 2.83. The van der Waals surface area contributed by atoms with Crippen molar-refractivity contribution in [2.75, 3.05) is 19.8 Å². The number of rotatable bonds is 5. The predicted molar refractivity (Wildman–Crippen MR) is 67.6 cm³/mol. The Bertz CT molecular complexity index is 357. The molecule has 0 aliphatic rings. The Morgan fingerprint density at radius 1 is 1.25 bits per heavy atom. The summed E-state index contributed by atoms with van der Waals surface area (Å²) in [6, 6.07) is 4.30. The van der Waals surface area contributed by atoms with E-state index >= 15 is 0 Å². The van der Waals surface area contributed by atoms with Gasteiger partial charge in [-0.3, -0.25) is 0 Å².